The van der Waals surface area contributed by atoms with E-state index in [0.29, 0.717) is 5.56 Å². The molecular weight excluding hydrogens is 311 g/mol. The quantitative estimate of drug-likeness (QED) is 0.789. The van der Waals surface area contributed by atoms with Crippen LogP contribution in [-0.2, 0) is 21.5 Å². The summed E-state index contributed by atoms with van der Waals surface area (Å²) in [7, 11) is -2.53. The van der Waals surface area contributed by atoms with E-state index in [0.717, 1.165) is 10.4 Å². The molecule has 6 nitrogen and oxygen atoms in total. The predicted molar refractivity (Wildman–Crippen MR) is 72.1 cm³/mol. The van der Waals surface area contributed by atoms with Gasteiger partial charge in [-0.2, -0.15) is 17.4 Å². The van der Waals surface area contributed by atoms with Crippen LogP contribution in [0.3, 0.4) is 0 Å². The van der Waals surface area contributed by atoms with Gasteiger partial charge in [0.1, 0.15) is 5.82 Å². The lowest BCUT2D eigenvalue weighted by molar-refractivity contribution is -0.137. The van der Waals surface area contributed by atoms with Crippen LogP contribution < -0.4 is 4.72 Å². The molecule has 1 aromatic rings. The monoisotopic (exact) mass is 324 g/mol. The Morgan fingerprint density at radius 1 is 1.50 bits per heavy atom. The van der Waals surface area contributed by atoms with Gasteiger partial charge in [-0.3, -0.25) is 4.79 Å². The van der Waals surface area contributed by atoms with E-state index < -0.39 is 22.0 Å². The van der Waals surface area contributed by atoms with E-state index in [4.69, 9.17) is 16.7 Å². The van der Waals surface area contributed by atoms with Crippen LogP contribution in [0.25, 0.3) is 0 Å². The first-order valence-electron chi connectivity index (χ1n) is 5.59. The second-order valence-electron chi connectivity index (χ2n) is 4.04. The van der Waals surface area contributed by atoms with Crippen molar-refractivity contribution in [1.82, 2.24) is 9.03 Å². The van der Waals surface area contributed by atoms with E-state index in [1.54, 1.807) is 0 Å². The van der Waals surface area contributed by atoms with E-state index in [2.05, 4.69) is 4.72 Å². The fraction of sp³-hybridized carbons (Fsp3) is 0.364. The van der Waals surface area contributed by atoms with Gasteiger partial charge in [0.25, 0.3) is 10.2 Å². The Balaban J connectivity index is 2.62. The van der Waals surface area contributed by atoms with Gasteiger partial charge in [0, 0.05) is 20.1 Å². The number of hydrogen-bond acceptors (Lipinski definition) is 3. The summed E-state index contributed by atoms with van der Waals surface area (Å²) in [4.78, 5) is 10.4. The maximum absolute atomic E-state index is 12.9. The van der Waals surface area contributed by atoms with Gasteiger partial charge >= 0.3 is 5.97 Å². The van der Waals surface area contributed by atoms with Crippen molar-refractivity contribution in [3.8, 4) is 0 Å². The van der Waals surface area contributed by atoms with Crippen molar-refractivity contribution in [3.63, 3.8) is 0 Å². The molecule has 0 heterocycles. The number of carboxylic acid groups (broad SMARTS) is 1. The van der Waals surface area contributed by atoms with Crippen molar-refractivity contribution in [1.29, 1.82) is 0 Å². The lowest BCUT2D eigenvalue weighted by Crippen LogP contribution is -2.38. The normalized spacial score (nSPS) is 11.8. The Kier molecular flexibility index (Phi) is 5.88. The summed E-state index contributed by atoms with van der Waals surface area (Å²) in [5.41, 5.74) is 0.492. The van der Waals surface area contributed by atoms with Crippen LogP contribution in [0.2, 0.25) is 5.02 Å². The average Bonchev–Trinajstić information content (AvgIpc) is 2.37. The van der Waals surface area contributed by atoms with Crippen LogP contribution in [0.15, 0.2) is 18.2 Å². The zero-order valence-electron chi connectivity index (χ0n) is 10.6. The molecule has 9 heteroatoms. The van der Waals surface area contributed by atoms with Crippen molar-refractivity contribution in [3.05, 3.63) is 34.6 Å². The third-order valence-corrected chi connectivity index (χ3v) is 4.30. The summed E-state index contributed by atoms with van der Waals surface area (Å²) >= 11 is 5.58. The molecule has 0 aliphatic carbocycles. The van der Waals surface area contributed by atoms with Gasteiger partial charge < -0.3 is 5.11 Å². The van der Waals surface area contributed by atoms with Crippen LogP contribution in [0.5, 0.6) is 0 Å². The molecule has 20 heavy (non-hydrogen) atoms. The van der Waals surface area contributed by atoms with Crippen molar-refractivity contribution < 1.29 is 22.7 Å². The van der Waals surface area contributed by atoms with Crippen LogP contribution in [-0.4, -0.2) is 37.4 Å². The molecular formula is C11H14ClFN2O4S. The molecule has 0 amide bonds. The molecule has 0 bridgehead atoms. The Morgan fingerprint density at radius 2 is 2.15 bits per heavy atom. The second kappa shape index (κ2) is 6.98. The summed E-state index contributed by atoms with van der Waals surface area (Å²) in [5, 5.41) is 8.40. The van der Waals surface area contributed by atoms with Crippen LogP contribution >= 0.6 is 11.6 Å². The standard InChI is InChI=1S/C11H14ClFN2O4S/c1-15(5-4-11(16)17)20(18,19)14-7-8-2-3-10(13)9(12)6-8/h2-3,6,14H,4-5,7H2,1H3,(H,16,17). The number of carboxylic acids is 1. The van der Waals surface area contributed by atoms with Crippen LogP contribution in [0.4, 0.5) is 4.39 Å². The number of hydrogen-bond donors (Lipinski definition) is 2. The van der Waals surface area contributed by atoms with Gasteiger partial charge in [-0.05, 0) is 17.7 Å². The van der Waals surface area contributed by atoms with Gasteiger partial charge in [0.05, 0.1) is 11.4 Å². The summed E-state index contributed by atoms with van der Waals surface area (Å²) < 4.78 is 39.7. The minimum absolute atomic E-state index is 0.0697. The molecule has 0 atom stereocenters. The molecule has 1 aromatic carbocycles. The van der Waals surface area contributed by atoms with Gasteiger partial charge in [-0.15, -0.1) is 0 Å². The molecule has 0 aliphatic heterocycles. The molecule has 0 unspecified atom stereocenters. The largest absolute Gasteiger partial charge is 0.481 e. The fourth-order valence-corrected chi connectivity index (χ4v) is 2.41. The lowest BCUT2D eigenvalue weighted by Gasteiger charge is -2.16. The molecule has 0 spiro atoms. The molecule has 0 aromatic heterocycles. The van der Waals surface area contributed by atoms with Gasteiger partial charge in [-0.1, -0.05) is 17.7 Å². The number of rotatable bonds is 7. The van der Waals surface area contributed by atoms with Crippen LogP contribution in [0.1, 0.15) is 12.0 Å². The van der Waals surface area contributed by atoms with E-state index in [1.165, 1.54) is 19.2 Å². The number of nitrogens with zero attached hydrogens (tertiary/aromatic N) is 1. The highest BCUT2D eigenvalue weighted by molar-refractivity contribution is 7.87. The van der Waals surface area contributed by atoms with E-state index >= 15 is 0 Å². The lowest BCUT2D eigenvalue weighted by atomic mass is 10.2. The van der Waals surface area contributed by atoms with Gasteiger partial charge in [0.2, 0.25) is 0 Å². The Labute approximate surface area is 121 Å². The third-order valence-electron chi connectivity index (χ3n) is 2.49. The first-order valence-corrected chi connectivity index (χ1v) is 7.41. The average molecular weight is 325 g/mol. The maximum Gasteiger partial charge on any atom is 0.304 e. The molecule has 2 N–H and O–H groups in total. The smallest absolute Gasteiger partial charge is 0.304 e. The highest BCUT2D eigenvalue weighted by atomic mass is 35.5. The molecule has 0 radical (unpaired) electrons. The summed E-state index contributed by atoms with van der Waals surface area (Å²) in [6.07, 6.45) is -0.292. The third kappa shape index (κ3) is 5.04. The summed E-state index contributed by atoms with van der Waals surface area (Å²) in [6, 6.07) is 3.86. The number of carbonyl (C=O) groups is 1. The highest BCUT2D eigenvalue weighted by Gasteiger charge is 2.18. The molecule has 112 valence electrons. The van der Waals surface area contributed by atoms with Crippen molar-refractivity contribution >= 4 is 27.8 Å². The van der Waals surface area contributed by atoms with E-state index in [1.807, 2.05) is 0 Å². The van der Waals surface area contributed by atoms with Crippen molar-refractivity contribution in [2.45, 2.75) is 13.0 Å². The zero-order valence-corrected chi connectivity index (χ0v) is 12.2. The van der Waals surface area contributed by atoms with Crippen molar-refractivity contribution in [2.24, 2.45) is 0 Å². The minimum atomic E-state index is -3.79. The van der Waals surface area contributed by atoms with Gasteiger partial charge in [-0.25, -0.2) is 4.39 Å². The molecule has 1 rings (SSSR count). The molecule has 0 saturated carbocycles. The SMILES string of the molecule is CN(CCC(=O)O)S(=O)(=O)NCc1ccc(F)c(Cl)c1. The minimum Gasteiger partial charge on any atom is -0.481 e. The maximum atomic E-state index is 12.9. The fourth-order valence-electron chi connectivity index (χ4n) is 1.31. The first-order chi connectivity index (χ1) is 9.22. The van der Waals surface area contributed by atoms with E-state index in [-0.39, 0.29) is 24.5 Å². The number of halogens is 2. The van der Waals surface area contributed by atoms with E-state index in [9.17, 15) is 17.6 Å². The Hall–Kier alpha value is -1.22. The Bertz CT molecular complexity index is 594. The van der Waals surface area contributed by atoms with Crippen molar-refractivity contribution in [2.75, 3.05) is 13.6 Å². The second-order valence-corrected chi connectivity index (χ2v) is 6.31. The van der Waals surface area contributed by atoms with Gasteiger partial charge in [0.15, 0.2) is 0 Å². The topological polar surface area (TPSA) is 86.7 Å². The number of benzene rings is 1. The predicted octanol–water partition coefficient (Wildman–Crippen LogP) is 1.22. The number of aliphatic carboxylic acids is 1. The zero-order chi connectivity index (χ0) is 15.3. The first kappa shape index (κ1) is 16.8. The highest BCUT2D eigenvalue weighted by Crippen LogP contribution is 2.16. The summed E-state index contributed by atoms with van der Waals surface area (Å²) in [5.74, 6) is -1.67. The summed E-state index contributed by atoms with van der Waals surface area (Å²) in [6.45, 7) is -0.214. The van der Waals surface area contributed by atoms with Crippen LogP contribution in [0, 0.1) is 5.82 Å². The molecule has 0 aliphatic rings. The molecule has 0 saturated heterocycles. The number of nitrogens with one attached hydrogen (secondary N) is 1. The Morgan fingerprint density at radius 3 is 2.70 bits per heavy atom. The molecule has 0 fully saturated rings.